The van der Waals surface area contributed by atoms with Crippen molar-refractivity contribution in [1.82, 2.24) is 10.2 Å². The standard InChI is InChI=1S/C18H25ClN2O4S/c1-13(2)11-21(16-8-10-26(24,25)12-16)17(22)7-9-20-18(23)14-3-5-15(19)6-4-14/h3-6,13,16H,7-12H2,1-2H3,(H,20,23)/t16-/m0/s1. The lowest BCUT2D eigenvalue weighted by Crippen LogP contribution is -2.44. The van der Waals surface area contributed by atoms with Gasteiger partial charge >= 0.3 is 0 Å². The fourth-order valence-corrected chi connectivity index (χ4v) is 4.86. The third kappa shape index (κ3) is 5.99. The Kier molecular flexibility index (Phi) is 7.06. The number of halogens is 1. The molecule has 6 nitrogen and oxygen atoms in total. The molecule has 1 N–H and O–H groups in total. The van der Waals surface area contributed by atoms with E-state index >= 15 is 0 Å². The molecule has 1 aromatic carbocycles. The summed E-state index contributed by atoms with van der Waals surface area (Å²) in [5, 5.41) is 3.27. The monoisotopic (exact) mass is 400 g/mol. The van der Waals surface area contributed by atoms with Gasteiger partial charge in [0, 0.05) is 36.1 Å². The van der Waals surface area contributed by atoms with Crippen molar-refractivity contribution in [2.75, 3.05) is 24.6 Å². The number of nitrogens with zero attached hydrogens (tertiary/aromatic N) is 1. The van der Waals surface area contributed by atoms with Crippen LogP contribution in [0, 0.1) is 5.92 Å². The van der Waals surface area contributed by atoms with Crippen LogP contribution in [0.1, 0.15) is 37.0 Å². The van der Waals surface area contributed by atoms with Crippen LogP contribution in [0.3, 0.4) is 0 Å². The summed E-state index contributed by atoms with van der Waals surface area (Å²) in [7, 11) is -3.06. The highest BCUT2D eigenvalue weighted by Gasteiger charge is 2.34. The average Bonchev–Trinajstić information content (AvgIpc) is 2.92. The first-order chi connectivity index (χ1) is 12.2. The van der Waals surface area contributed by atoms with Gasteiger partial charge in [-0.05, 0) is 36.6 Å². The number of carbonyl (C=O) groups excluding carboxylic acids is 2. The van der Waals surface area contributed by atoms with E-state index in [-0.39, 0.29) is 48.2 Å². The topological polar surface area (TPSA) is 83.6 Å². The van der Waals surface area contributed by atoms with Crippen molar-refractivity contribution in [1.29, 1.82) is 0 Å². The number of hydrogen-bond donors (Lipinski definition) is 1. The van der Waals surface area contributed by atoms with Gasteiger partial charge in [0.25, 0.3) is 5.91 Å². The molecule has 0 radical (unpaired) electrons. The lowest BCUT2D eigenvalue weighted by atomic mass is 10.1. The lowest BCUT2D eigenvalue weighted by molar-refractivity contribution is -0.133. The zero-order valence-electron chi connectivity index (χ0n) is 15.1. The number of benzene rings is 1. The van der Waals surface area contributed by atoms with Gasteiger partial charge in [-0.25, -0.2) is 8.42 Å². The highest BCUT2D eigenvalue weighted by atomic mass is 35.5. The molecule has 1 aromatic rings. The third-order valence-corrected chi connectivity index (χ3v) is 6.26. The molecule has 0 aliphatic carbocycles. The van der Waals surface area contributed by atoms with Crippen molar-refractivity contribution in [3.05, 3.63) is 34.9 Å². The molecule has 0 spiro atoms. The number of hydrogen-bond acceptors (Lipinski definition) is 4. The Morgan fingerprint density at radius 3 is 2.46 bits per heavy atom. The summed E-state index contributed by atoms with van der Waals surface area (Å²) >= 11 is 5.80. The molecule has 1 atom stereocenters. The zero-order chi connectivity index (χ0) is 19.3. The van der Waals surface area contributed by atoms with Crippen LogP contribution >= 0.6 is 11.6 Å². The van der Waals surface area contributed by atoms with Crippen molar-refractivity contribution in [3.63, 3.8) is 0 Å². The third-order valence-electron chi connectivity index (χ3n) is 4.26. The summed E-state index contributed by atoms with van der Waals surface area (Å²) in [5.74, 6) is 0.00607. The molecule has 2 amide bonds. The Bertz CT molecular complexity index is 747. The molecule has 1 heterocycles. The van der Waals surface area contributed by atoms with Crippen molar-refractivity contribution in [3.8, 4) is 0 Å². The van der Waals surface area contributed by atoms with Crippen molar-refractivity contribution >= 4 is 33.3 Å². The molecule has 8 heteroatoms. The van der Waals surface area contributed by atoms with Crippen LogP contribution in [0.5, 0.6) is 0 Å². The van der Waals surface area contributed by atoms with Gasteiger partial charge in [0.15, 0.2) is 9.84 Å². The van der Waals surface area contributed by atoms with E-state index in [0.29, 0.717) is 23.6 Å². The van der Waals surface area contributed by atoms with Gasteiger partial charge in [-0.15, -0.1) is 0 Å². The molecule has 0 unspecified atom stereocenters. The molecule has 2 rings (SSSR count). The Hall–Kier alpha value is -1.60. The molecule has 1 aliphatic rings. The van der Waals surface area contributed by atoms with Crippen LogP contribution < -0.4 is 5.32 Å². The summed E-state index contributed by atoms with van der Waals surface area (Å²) in [6, 6.07) is 6.24. The Morgan fingerprint density at radius 2 is 1.92 bits per heavy atom. The second-order valence-electron chi connectivity index (χ2n) is 7.01. The lowest BCUT2D eigenvalue weighted by Gasteiger charge is -2.30. The van der Waals surface area contributed by atoms with E-state index in [0.717, 1.165) is 0 Å². The second-order valence-corrected chi connectivity index (χ2v) is 9.67. The van der Waals surface area contributed by atoms with Crippen LogP contribution in [-0.4, -0.2) is 55.8 Å². The van der Waals surface area contributed by atoms with Gasteiger partial charge in [-0.2, -0.15) is 0 Å². The van der Waals surface area contributed by atoms with Crippen LogP contribution in [0.2, 0.25) is 5.02 Å². The highest BCUT2D eigenvalue weighted by Crippen LogP contribution is 2.20. The van der Waals surface area contributed by atoms with Gasteiger partial charge in [-0.1, -0.05) is 25.4 Å². The number of carbonyl (C=O) groups is 2. The van der Waals surface area contributed by atoms with E-state index in [1.54, 1.807) is 29.2 Å². The van der Waals surface area contributed by atoms with Gasteiger partial charge in [0.05, 0.1) is 11.5 Å². The molecule has 1 aliphatic heterocycles. The molecule has 144 valence electrons. The predicted molar refractivity (Wildman–Crippen MR) is 102 cm³/mol. The molecule has 0 aromatic heterocycles. The van der Waals surface area contributed by atoms with E-state index in [1.807, 2.05) is 13.8 Å². The molecule has 1 saturated heterocycles. The van der Waals surface area contributed by atoms with E-state index in [2.05, 4.69) is 5.32 Å². The van der Waals surface area contributed by atoms with E-state index in [9.17, 15) is 18.0 Å². The van der Waals surface area contributed by atoms with Crippen LogP contribution in [0.25, 0.3) is 0 Å². The summed E-state index contributed by atoms with van der Waals surface area (Å²) in [6.07, 6.45) is 0.626. The Morgan fingerprint density at radius 1 is 1.27 bits per heavy atom. The van der Waals surface area contributed by atoms with Crippen LogP contribution in [-0.2, 0) is 14.6 Å². The summed E-state index contributed by atoms with van der Waals surface area (Å²) in [4.78, 5) is 26.3. The average molecular weight is 401 g/mol. The fourth-order valence-electron chi connectivity index (χ4n) is 3.00. The summed E-state index contributed by atoms with van der Waals surface area (Å²) < 4.78 is 23.5. The van der Waals surface area contributed by atoms with E-state index in [1.165, 1.54) is 0 Å². The minimum absolute atomic E-state index is 0.0304. The first kappa shape index (κ1) is 20.7. The number of rotatable bonds is 7. The quantitative estimate of drug-likeness (QED) is 0.759. The SMILES string of the molecule is CC(C)CN(C(=O)CCNC(=O)c1ccc(Cl)cc1)[C@H]1CCS(=O)(=O)C1. The van der Waals surface area contributed by atoms with Gasteiger partial charge in [0.1, 0.15) is 0 Å². The summed E-state index contributed by atoms with van der Waals surface area (Å²) in [5.41, 5.74) is 0.475. The molecule has 26 heavy (non-hydrogen) atoms. The van der Waals surface area contributed by atoms with Crippen LogP contribution in [0.4, 0.5) is 0 Å². The second kappa shape index (κ2) is 8.86. The number of nitrogens with one attached hydrogen (secondary N) is 1. The summed E-state index contributed by atoms with van der Waals surface area (Å²) in [6.45, 7) is 4.70. The Balaban J connectivity index is 1.90. The number of sulfone groups is 1. The molecule has 0 saturated carbocycles. The number of amides is 2. The van der Waals surface area contributed by atoms with Crippen molar-refractivity contribution in [2.24, 2.45) is 5.92 Å². The molecule has 1 fully saturated rings. The van der Waals surface area contributed by atoms with Gasteiger partial charge in [-0.3, -0.25) is 9.59 Å². The largest absolute Gasteiger partial charge is 0.352 e. The first-order valence-electron chi connectivity index (χ1n) is 8.71. The maximum Gasteiger partial charge on any atom is 0.251 e. The predicted octanol–water partition coefficient (Wildman–Crippen LogP) is 2.13. The fraction of sp³-hybridized carbons (Fsp3) is 0.556. The van der Waals surface area contributed by atoms with Crippen LogP contribution in [0.15, 0.2) is 24.3 Å². The maximum atomic E-state index is 12.6. The van der Waals surface area contributed by atoms with Crippen molar-refractivity contribution < 1.29 is 18.0 Å². The minimum Gasteiger partial charge on any atom is -0.352 e. The first-order valence-corrected chi connectivity index (χ1v) is 10.9. The zero-order valence-corrected chi connectivity index (χ0v) is 16.6. The van der Waals surface area contributed by atoms with Gasteiger partial charge in [0.2, 0.25) is 5.91 Å². The normalized spacial score (nSPS) is 18.7. The molecular formula is C18H25ClN2O4S. The highest BCUT2D eigenvalue weighted by molar-refractivity contribution is 7.91. The van der Waals surface area contributed by atoms with Crippen molar-refractivity contribution in [2.45, 2.75) is 32.7 Å². The van der Waals surface area contributed by atoms with E-state index in [4.69, 9.17) is 11.6 Å². The molecule has 0 bridgehead atoms. The van der Waals surface area contributed by atoms with Gasteiger partial charge < -0.3 is 10.2 Å². The maximum absolute atomic E-state index is 12.6. The Labute approximate surface area is 159 Å². The minimum atomic E-state index is -3.06. The smallest absolute Gasteiger partial charge is 0.251 e. The van der Waals surface area contributed by atoms with E-state index < -0.39 is 9.84 Å². The molecular weight excluding hydrogens is 376 g/mol.